The summed E-state index contributed by atoms with van der Waals surface area (Å²) in [5, 5.41) is 11.8. The lowest BCUT2D eigenvalue weighted by Crippen LogP contribution is -2.27. The molecular weight excluding hydrogens is 346 g/mol. The average Bonchev–Trinajstić information content (AvgIpc) is 2.69. The van der Waals surface area contributed by atoms with Gasteiger partial charge in [-0.15, -0.1) is 0 Å². The van der Waals surface area contributed by atoms with E-state index in [1.165, 1.54) is 25.3 Å². The number of benzene rings is 1. The fourth-order valence-corrected chi connectivity index (χ4v) is 2.58. The Balaban J connectivity index is 1.85. The maximum atomic E-state index is 12.6. The first-order chi connectivity index (χ1) is 13.0. The maximum Gasteiger partial charge on any atom is 0.326 e. The van der Waals surface area contributed by atoms with Crippen molar-refractivity contribution in [3.63, 3.8) is 0 Å². The highest BCUT2D eigenvalue weighted by Crippen LogP contribution is 2.20. The minimum absolute atomic E-state index is 0.333. The van der Waals surface area contributed by atoms with Gasteiger partial charge in [0.25, 0.3) is 11.5 Å². The molecule has 0 bridgehead atoms. The van der Waals surface area contributed by atoms with E-state index >= 15 is 0 Å². The third-order valence-corrected chi connectivity index (χ3v) is 4.09. The number of aromatic nitrogens is 2. The van der Waals surface area contributed by atoms with E-state index in [1.807, 2.05) is 18.2 Å². The number of carbonyl (C=O) groups is 2. The fourth-order valence-electron chi connectivity index (χ4n) is 2.58. The van der Waals surface area contributed by atoms with Crippen molar-refractivity contribution in [3.8, 4) is 11.1 Å². The predicted octanol–water partition coefficient (Wildman–Crippen LogP) is 2.81. The van der Waals surface area contributed by atoms with E-state index in [4.69, 9.17) is 5.11 Å². The minimum atomic E-state index is -1.13. The Morgan fingerprint density at radius 3 is 2.59 bits per heavy atom. The Morgan fingerprint density at radius 1 is 1.11 bits per heavy atom. The summed E-state index contributed by atoms with van der Waals surface area (Å²) in [7, 11) is 0. The van der Waals surface area contributed by atoms with E-state index in [9.17, 15) is 14.4 Å². The number of carboxylic acid groups (broad SMARTS) is 1. The lowest BCUT2D eigenvalue weighted by Gasteiger charge is -2.13. The predicted molar refractivity (Wildman–Crippen MR) is 101 cm³/mol. The molecule has 0 spiro atoms. The Kier molecular flexibility index (Phi) is 5.12. The minimum Gasteiger partial charge on any atom is -0.480 e. The molecule has 2 aromatic heterocycles. The van der Waals surface area contributed by atoms with Gasteiger partial charge in [-0.1, -0.05) is 18.2 Å². The van der Waals surface area contributed by atoms with Crippen LogP contribution in [0.25, 0.3) is 11.1 Å². The SMILES string of the molecule is C[C@H](C(=O)O)n1cc(NC(=O)c2cccc(-c3cccnc3)c2)ccc1=O. The Hall–Kier alpha value is -3.74. The van der Waals surface area contributed by atoms with Crippen LogP contribution in [0.2, 0.25) is 0 Å². The summed E-state index contributed by atoms with van der Waals surface area (Å²) in [6.45, 7) is 1.40. The summed E-state index contributed by atoms with van der Waals surface area (Å²) in [4.78, 5) is 39.6. The first kappa shape index (κ1) is 18.1. The summed E-state index contributed by atoms with van der Waals surface area (Å²) < 4.78 is 1.06. The number of amides is 1. The van der Waals surface area contributed by atoms with Crippen LogP contribution in [0.1, 0.15) is 23.3 Å². The zero-order valence-electron chi connectivity index (χ0n) is 14.5. The van der Waals surface area contributed by atoms with Crippen LogP contribution in [-0.2, 0) is 4.79 Å². The molecule has 27 heavy (non-hydrogen) atoms. The van der Waals surface area contributed by atoms with Gasteiger partial charge in [0.1, 0.15) is 6.04 Å². The molecule has 2 heterocycles. The highest BCUT2D eigenvalue weighted by Gasteiger charge is 2.15. The normalized spacial score (nSPS) is 11.6. The summed E-state index contributed by atoms with van der Waals surface area (Å²) in [6.07, 6.45) is 4.71. The number of nitrogens with one attached hydrogen (secondary N) is 1. The molecule has 7 heteroatoms. The monoisotopic (exact) mass is 363 g/mol. The molecule has 3 rings (SSSR count). The summed E-state index contributed by atoms with van der Waals surface area (Å²) in [5.74, 6) is -1.50. The maximum absolute atomic E-state index is 12.6. The number of aliphatic carboxylic acids is 1. The number of anilines is 1. The smallest absolute Gasteiger partial charge is 0.326 e. The molecule has 0 aliphatic carbocycles. The second kappa shape index (κ2) is 7.65. The van der Waals surface area contributed by atoms with Crippen molar-refractivity contribution < 1.29 is 14.7 Å². The first-order valence-electron chi connectivity index (χ1n) is 8.22. The molecule has 1 aromatic carbocycles. The number of hydrogen-bond acceptors (Lipinski definition) is 4. The molecular formula is C20H17N3O4. The third kappa shape index (κ3) is 4.09. The van der Waals surface area contributed by atoms with Crippen molar-refractivity contribution in [2.75, 3.05) is 5.32 Å². The molecule has 1 atom stereocenters. The quantitative estimate of drug-likeness (QED) is 0.726. The van der Waals surface area contributed by atoms with Crippen molar-refractivity contribution in [1.29, 1.82) is 0 Å². The molecule has 0 radical (unpaired) electrons. The van der Waals surface area contributed by atoms with E-state index in [1.54, 1.807) is 30.6 Å². The van der Waals surface area contributed by atoms with Gasteiger partial charge < -0.3 is 10.4 Å². The molecule has 3 aromatic rings. The van der Waals surface area contributed by atoms with Crippen LogP contribution in [0.15, 0.2) is 71.9 Å². The Bertz CT molecular complexity index is 1040. The van der Waals surface area contributed by atoms with Gasteiger partial charge in [0.05, 0.1) is 5.69 Å². The second-order valence-corrected chi connectivity index (χ2v) is 5.95. The van der Waals surface area contributed by atoms with Gasteiger partial charge in [0.2, 0.25) is 0 Å². The van der Waals surface area contributed by atoms with Gasteiger partial charge in [-0.05, 0) is 36.8 Å². The largest absolute Gasteiger partial charge is 0.480 e. The van der Waals surface area contributed by atoms with Gasteiger partial charge in [0, 0.05) is 35.8 Å². The molecule has 0 saturated heterocycles. The molecule has 0 unspecified atom stereocenters. The lowest BCUT2D eigenvalue weighted by molar-refractivity contribution is -0.140. The Morgan fingerprint density at radius 2 is 1.89 bits per heavy atom. The van der Waals surface area contributed by atoms with Crippen molar-refractivity contribution in [1.82, 2.24) is 9.55 Å². The van der Waals surface area contributed by atoms with Crippen LogP contribution in [0.3, 0.4) is 0 Å². The van der Waals surface area contributed by atoms with Gasteiger partial charge in [-0.2, -0.15) is 0 Å². The molecule has 0 fully saturated rings. The second-order valence-electron chi connectivity index (χ2n) is 5.95. The fraction of sp³-hybridized carbons (Fsp3) is 0.100. The van der Waals surface area contributed by atoms with Crippen molar-refractivity contribution >= 4 is 17.6 Å². The topological polar surface area (TPSA) is 101 Å². The standard InChI is InChI=1S/C20H17N3O4/c1-13(20(26)27)23-12-17(7-8-18(23)24)22-19(25)15-5-2-4-14(10-15)16-6-3-9-21-11-16/h2-13H,1H3,(H,22,25)(H,26,27)/t13-/m1/s1. The van der Waals surface area contributed by atoms with Gasteiger partial charge in [-0.25, -0.2) is 4.79 Å². The van der Waals surface area contributed by atoms with Gasteiger partial charge in [0.15, 0.2) is 0 Å². The van der Waals surface area contributed by atoms with Crippen molar-refractivity contribution in [2.24, 2.45) is 0 Å². The van der Waals surface area contributed by atoms with Gasteiger partial charge >= 0.3 is 5.97 Å². The van der Waals surface area contributed by atoms with E-state index < -0.39 is 17.6 Å². The summed E-state index contributed by atoms with van der Waals surface area (Å²) >= 11 is 0. The number of pyridine rings is 2. The highest BCUT2D eigenvalue weighted by molar-refractivity contribution is 6.04. The molecule has 0 saturated carbocycles. The number of rotatable bonds is 5. The summed E-state index contributed by atoms with van der Waals surface area (Å²) in [6, 6.07) is 12.4. The number of hydrogen-bond donors (Lipinski definition) is 2. The average molecular weight is 363 g/mol. The molecule has 136 valence electrons. The molecule has 0 aliphatic heterocycles. The summed E-state index contributed by atoms with van der Waals surface area (Å²) in [5.41, 5.74) is 2.04. The zero-order chi connectivity index (χ0) is 19.4. The van der Waals surface area contributed by atoms with E-state index in [-0.39, 0.29) is 5.91 Å². The number of nitrogens with zero attached hydrogens (tertiary/aromatic N) is 2. The van der Waals surface area contributed by atoms with Crippen LogP contribution in [-0.4, -0.2) is 26.5 Å². The highest BCUT2D eigenvalue weighted by atomic mass is 16.4. The van der Waals surface area contributed by atoms with E-state index in [0.717, 1.165) is 15.7 Å². The zero-order valence-corrected chi connectivity index (χ0v) is 14.5. The van der Waals surface area contributed by atoms with Crippen molar-refractivity contribution in [3.05, 3.63) is 83.0 Å². The van der Waals surface area contributed by atoms with Crippen LogP contribution in [0.4, 0.5) is 5.69 Å². The Labute approximate surface area is 154 Å². The van der Waals surface area contributed by atoms with Crippen LogP contribution >= 0.6 is 0 Å². The molecule has 2 N–H and O–H groups in total. The van der Waals surface area contributed by atoms with E-state index in [2.05, 4.69) is 10.3 Å². The lowest BCUT2D eigenvalue weighted by atomic mass is 10.0. The third-order valence-electron chi connectivity index (χ3n) is 4.09. The van der Waals surface area contributed by atoms with Crippen molar-refractivity contribution in [2.45, 2.75) is 13.0 Å². The van der Waals surface area contributed by atoms with Gasteiger partial charge in [-0.3, -0.25) is 19.1 Å². The molecule has 7 nitrogen and oxygen atoms in total. The first-order valence-corrected chi connectivity index (χ1v) is 8.22. The number of carboxylic acids is 1. The molecule has 0 aliphatic rings. The van der Waals surface area contributed by atoms with E-state index in [0.29, 0.717) is 11.3 Å². The van der Waals surface area contributed by atoms with Crippen LogP contribution in [0.5, 0.6) is 0 Å². The van der Waals surface area contributed by atoms with Crippen LogP contribution < -0.4 is 10.9 Å². The number of carbonyl (C=O) groups excluding carboxylic acids is 1. The van der Waals surface area contributed by atoms with Crippen LogP contribution in [0, 0.1) is 0 Å². The molecule has 1 amide bonds.